The van der Waals surface area contributed by atoms with Gasteiger partial charge in [0.05, 0.1) is 24.3 Å². The van der Waals surface area contributed by atoms with Gasteiger partial charge in [0.25, 0.3) is 5.91 Å². The first-order valence-electron chi connectivity index (χ1n) is 13.5. The number of nitrogens with two attached hydrogens (primary N) is 1. The Balaban J connectivity index is 1.48. The van der Waals surface area contributed by atoms with Crippen molar-refractivity contribution in [2.45, 2.75) is 51.3 Å². The van der Waals surface area contributed by atoms with Crippen LogP contribution in [0.25, 0.3) is 11.1 Å². The molecule has 0 spiro atoms. The van der Waals surface area contributed by atoms with Crippen molar-refractivity contribution in [3.8, 4) is 11.1 Å². The van der Waals surface area contributed by atoms with Gasteiger partial charge >= 0.3 is 12.1 Å². The Labute approximate surface area is 251 Å². The molecule has 0 unspecified atom stereocenters. The third-order valence-corrected chi connectivity index (χ3v) is 6.78. The van der Waals surface area contributed by atoms with Crippen molar-refractivity contribution in [3.05, 3.63) is 95.1 Å². The highest BCUT2D eigenvalue weighted by atomic mass is 19.4. The molecule has 0 bridgehead atoms. The molecule has 0 saturated heterocycles. The van der Waals surface area contributed by atoms with Gasteiger partial charge in [-0.15, -0.1) is 0 Å². The number of halogens is 3. The molecular weight excluding hydrogens is 581 g/mol. The Kier molecular flexibility index (Phi) is 9.70. The maximum atomic E-state index is 13.6. The minimum absolute atomic E-state index is 0.0314. The van der Waals surface area contributed by atoms with E-state index in [2.05, 4.69) is 10.2 Å². The molecule has 3 amide bonds. The van der Waals surface area contributed by atoms with E-state index in [0.29, 0.717) is 11.1 Å². The second-order valence-electron chi connectivity index (χ2n) is 10.8. The highest BCUT2D eigenvalue weighted by Crippen LogP contribution is 2.31. The third-order valence-electron chi connectivity index (χ3n) is 6.78. The zero-order valence-electron chi connectivity index (χ0n) is 23.9. The number of nitrogens with one attached hydrogen (secondary N) is 2. The number of hydrogen-bond acceptors (Lipinski definition) is 7. The maximum Gasteiger partial charge on any atom is 0.493 e. The molecule has 0 aromatic heterocycles. The molecule has 3 aromatic rings. The Morgan fingerprint density at radius 3 is 2.27 bits per heavy atom. The third kappa shape index (κ3) is 7.99. The van der Waals surface area contributed by atoms with E-state index < -0.39 is 35.5 Å². The Bertz CT molecular complexity index is 1540. The van der Waals surface area contributed by atoms with Gasteiger partial charge in [-0.25, -0.2) is 4.79 Å². The number of carbonyl (C=O) groups is 4. The van der Waals surface area contributed by atoms with Gasteiger partial charge < -0.3 is 25.5 Å². The van der Waals surface area contributed by atoms with E-state index in [-0.39, 0.29) is 37.8 Å². The molecule has 4 N–H and O–H groups in total. The van der Waals surface area contributed by atoms with Gasteiger partial charge in [0, 0.05) is 13.1 Å². The molecule has 1 atom stereocenters. The number of hydrogen-bond donors (Lipinski definition) is 3. The predicted octanol–water partition coefficient (Wildman–Crippen LogP) is 3.39. The topological polar surface area (TPSA) is 140 Å². The largest absolute Gasteiger partial charge is 0.493 e. The lowest BCUT2D eigenvalue weighted by Gasteiger charge is -2.27. The summed E-state index contributed by atoms with van der Waals surface area (Å²) in [6.07, 6.45) is -5.27. The highest BCUT2D eigenvalue weighted by Gasteiger charge is 2.42. The molecule has 4 rings (SSSR count). The number of carbonyl (C=O) groups excluding carboxylic acids is 4. The summed E-state index contributed by atoms with van der Waals surface area (Å²) in [5.41, 5.74) is 9.64. The van der Waals surface area contributed by atoms with Crippen molar-refractivity contribution in [2.24, 2.45) is 5.73 Å². The van der Waals surface area contributed by atoms with Gasteiger partial charge in [-0.3, -0.25) is 14.4 Å². The predicted molar refractivity (Wildman–Crippen MR) is 152 cm³/mol. The van der Waals surface area contributed by atoms with E-state index in [0.717, 1.165) is 16.7 Å². The smallest absolute Gasteiger partial charge is 0.374 e. The van der Waals surface area contributed by atoms with Crippen LogP contribution in [0.5, 0.6) is 0 Å². The normalized spacial score (nSPS) is 13.5. The van der Waals surface area contributed by atoms with Crippen LogP contribution < -0.4 is 16.5 Å². The number of fused-ring (bicyclic) bond motifs is 1. The molecule has 1 aliphatic rings. The van der Waals surface area contributed by atoms with Crippen molar-refractivity contribution in [3.63, 3.8) is 0 Å². The highest BCUT2D eigenvalue weighted by molar-refractivity contribution is 6.01. The van der Waals surface area contributed by atoms with Crippen molar-refractivity contribution in [1.29, 1.82) is 0 Å². The van der Waals surface area contributed by atoms with E-state index in [4.69, 9.17) is 10.5 Å². The van der Waals surface area contributed by atoms with Crippen LogP contribution in [0.3, 0.4) is 0 Å². The Morgan fingerprint density at radius 2 is 1.59 bits per heavy atom. The number of hydroxylamine groups is 1. The number of alkyl halides is 3. The van der Waals surface area contributed by atoms with Crippen molar-refractivity contribution >= 4 is 23.7 Å². The summed E-state index contributed by atoms with van der Waals surface area (Å²) < 4.78 is 43.2. The molecule has 0 fully saturated rings. The fraction of sp³-hybridized carbons (Fsp3) is 0.290. The van der Waals surface area contributed by atoms with Crippen LogP contribution in [0.15, 0.2) is 72.8 Å². The monoisotopic (exact) mass is 612 g/mol. The Hall–Kier alpha value is -4.75. The molecule has 44 heavy (non-hydrogen) atoms. The van der Waals surface area contributed by atoms with Gasteiger partial charge in [0.15, 0.2) is 0 Å². The summed E-state index contributed by atoms with van der Waals surface area (Å²) in [6, 6.07) is 19.7. The van der Waals surface area contributed by atoms with Crippen molar-refractivity contribution in [1.82, 2.24) is 15.7 Å². The average Bonchev–Trinajstić information content (AvgIpc) is 3.42. The number of amides is 3. The van der Waals surface area contributed by atoms with Crippen LogP contribution in [0, 0.1) is 0 Å². The van der Waals surface area contributed by atoms with Crippen LogP contribution in [0.2, 0.25) is 0 Å². The summed E-state index contributed by atoms with van der Waals surface area (Å²) in [5, 5.41) is 2.70. The van der Waals surface area contributed by atoms with E-state index in [1.807, 2.05) is 30.3 Å². The zero-order chi connectivity index (χ0) is 32.1. The molecule has 13 heteroatoms. The van der Waals surface area contributed by atoms with Gasteiger partial charge in [-0.1, -0.05) is 60.7 Å². The fourth-order valence-corrected chi connectivity index (χ4v) is 4.46. The summed E-state index contributed by atoms with van der Waals surface area (Å²) >= 11 is 0. The Morgan fingerprint density at radius 1 is 0.932 bits per heavy atom. The van der Waals surface area contributed by atoms with Crippen LogP contribution in [-0.2, 0) is 43.7 Å². The molecule has 232 valence electrons. The van der Waals surface area contributed by atoms with Gasteiger partial charge in [-0.05, 0) is 53.8 Å². The van der Waals surface area contributed by atoms with Crippen LogP contribution in [0.4, 0.5) is 13.2 Å². The number of rotatable bonds is 9. The quantitative estimate of drug-likeness (QED) is 0.315. The van der Waals surface area contributed by atoms with Gasteiger partial charge in [0.2, 0.25) is 11.8 Å². The first kappa shape index (κ1) is 32.2. The van der Waals surface area contributed by atoms with E-state index >= 15 is 0 Å². The SMILES string of the molecule is CC(C)(N)C(=O)N[C@H](COCc1ccccc1)C(=O)N1Cc2ccc(-c3ccccc3C(=O)NOC(=O)C(F)(F)F)cc2C1. The lowest BCUT2D eigenvalue weighted by atomic mass is 9.96. The van der Waals surface area contributed by atoms with Crippen molar-refractivity contribution in [2.75, 3.05) is 6.61 Å². The zero-order valence-corrected chi connectivity index (χ0v) is 23.9. The average molecular weight is 613 g/mol. The van der Waals surface area contributed by atoms with Gasteiger partial charge in [-0.2, -0.15) is 18.7 Å². The van der Waals surface area contributed by atoms with Crippen LogP contribution >= 0.6 is 0 Å². The molecule has 3 aromatic carbocycles. The summed E-state index contributed by atoms with van der Waals surface area (Å²) in [7, 11) is 0. The summed E-state index contributed by atoms with van der Waals surface area (Å²) in [6.45, 7) is 3.64. The number of benzene rings is 3. The number of nitrogens with zero attached hydrogens (tertiary/aromatic N) is 1. The van der Waals surface area contributed by atoms with E-state index in [1.165, 1.54) is 31.5 Å². The summed E-state index contributed by atoms with van der Waals surface area (Å²) in [5.74, 6) is -4.50. The number of ether oxygens (including phenoxy) is 1. The molecule has 0 saturated carbocycles. The molecular formula is C31H31F3N4O6. The minimum atomic E-state index is -5.27. The van der Waals surface area contributed by atoms with Crippen LogP contribution in [0.1, 0.15) is 40.9 Å². The molecule has 1 heterocycles. The van der Waals surface area contributed by atoms with Crippen LogP contribution in [-0.4, -0.2) is 53.0 Å². The summed E-state index contributed by atoms with van der Waals surface area (Å²) in [4.78, 5) is 55.4. The molecule has 1 aliphatic heterocycles. The molecule has 0 radical (unpaired) electrons. The van der Waals surface area contributed by atoms with E-state index in [1.54, 1.807) is 35.2 Å². The first-order valence-corrected chi connectivity index (χ1v) is 13.5. The maximum absolute atomic E-state index is 13.6. The fourth-order valence-electron chi connectivity index (χ4n) is 4.46. The lowest BCUT2D eigenvalue weighted by molar-refractivity contribution is -0.204. The first-order chi connectivity index (χ1) is 20.7. The van der Waals surface area contributed by atoms with Crippen molar-refractivity contribution < 1.29 is 41.9 Å². The molecule has 10 nitrogen and oxygen atoms in total. The van der Waals surface area contributed by atoms with Gasteiger partial charge in [0.1, 0.15) is 6.04 Å². The standard InChI is InChI=1S/C31H31F3N4O6/c1-30(2,35)28(41)36-25(18-43-17-19-8-4-3-5-9-19)27(40)38-15-21-13-12-20(14-22(21)16-38)23-10-6-7-11-24(23)26(39)37-44-29(42)31(32,33)34/h3-14,25H,15-18,35H2,1-2H3,(H,36,41)(H,37,39)/t25-/m1/s1. The lowest BCUT2D eigenvalue weighted by Crippen LogP contribution is -2.57. The molecule has 0 aliphatic carbocycles. The second-order valence-corrected chi connectivity index (χ2v) is 10.8. The second kappa shape index (κ2) is 13.3. The van der Waals surface area contributed by atoms with E-state index in [9.17, 15) is 32.3 Å². The minimum Gasteiger partial charge on any atom is -0.374 e.